The summed E-state index contributed by atoms with van der Waals surface area (Å²) in [6, 6.07) is 16.9. The molecular weight excluding hydrogens is 700 g/mol. The summed E-state index contributed by atoms with van der Waals surface area (Å²) >= 11 is 0. The van der Waals surface area contributed by atoms with Gasteiger partial charge >= 0.3 is 24.3 Å². The van der Waals surface area contributed by atoms with Crippen LogP contribution in [0.3, 0.4) is 0 Å². The summed E-state index contributed by atoms with van der Waals surface area (Å²) in [5.74, 6) is -5.62. The number of hydrogen-bond acceptors (Lipinski definition) is 5. The molecule has 0 atom stereocenters. The number of aliphatic imine (C=N–C) groups is 2. The number of benzene rings is 2. The van der Waals surface area contributed by atoms with Crippen LogP contribution in [0.1, 0.15) is 70.2 Å². The fourth-order valence-electron chi connectivity index (χ4n) is 4.35. The highest BCUT2D eigenvalue weighted by Gasteiger charge is 2.40. The number of nitrogens with zero attached hydrogens (tertiary/aromatic N) is 2. The number of hydrogen-bond donors (Lipinski definition) is 7. The van der Waals surface area contributed by atoms with Crippen molar-refractivity contribution >= 4 is 29.8 Å². The smallest absolute Gasteiger partial charge is 0.475 e. The number of amides is 1. The average Bonchev–Trinajstić information content (AvgIpc) is 2.98. The number of alkyl halides is 6. The van der Waals surface area contributed by atoms with E-state index in [9.17, 15) is 31.1 Å². The third kappa shape index (κ3) is 18.3. The molecule has 0 heterocycles. The molecule has 11 N–H and O–H groups in total. The van der Waals surface area contributed by atoms with Gasteiger partial charge in [-0.25, -0.2) is 9.59 Å². The molecule has 0 aromatic heterocycles. The second kappa shape index (κ2) is 19.5. The minimum Gasteiger partial charge on any atom is -0.475 e. The Morgan fingerprint density at radius 2 is 0.962 bits per heavy atom. The van der Waals surface area contributed by atoms with Gasteiger partial charge in [-0.1, -0.05) is 90.1 Å². The minimum absolute atomic E-state index is 0.0372. The third-order valence-electron chi connectivity index (χ3n) is 7.17. The second-order valence-electron chi connectivity index (χ2n) is 13.8. The van der Waals surface area contributed by atoms with Crippen molar-refractivity contribution in [2.45, 2.75) is 84.0 Å². The maximum atomic E-state index is 13.9. The van der Waals surface area contributed by atoms with Crippen LogP contribution in [0.4, 0.5) is 26.3 Å². The number of halogens is 6. The monoisotopic (exact) mass is 749 g/mol. The molecule has 2 aromatic carbocycles. The summed E-state index contributed by atoms with van der Waals surface area (Å²) < 4.78 is 63.5. The lowest BCUT2D eigenvalue weighted by Gasteiger charge is -2.32. The van der Waals surface area contributed by atoms with Crippen molar-refractivity contribution in [2.75, 3.05) is 19.6 Å². The van der Waals surface area contributed by atoms with Gasteiger partial charge in [-0.3, -0.25) is 14.8 Å². The molecule has 0 saturated carbocycles. The van der Waals surface area contributed by atoms with Crippen molar-refractivity contribution in [1.82, 2.24) is 5.32 Å². The molecule has 0 spiro atoms. The van der Waals surface area contributed by atoms with Gasteiger partial charge in [-0.15, -0.1) is 0 Å². The quantitative estimate of drug-likeness (QED) is 0.0747. The Morgan fingerprint density at radius 3 is 1.23 bits per heavy atom. The molecule has 52 heavy (non-hydrogen) atoms. The molecule has 18 heteroatoms. The zero-order valence-corrected chi connectivity index (χ0v) is 30.0. The van der Waals surface area contributed by atoms with Crippen LogP contribution in [0, 0.1) is 5.41 Å². The first kappa shape index (κ1) is 47.0. The molecule has 0 saturated heterocycles. The topological polar surface area (TPSA) is 232 Å². The van der Waals surface area contributed by atoms with Crippen molar-refractivity contribution in [3.63, 3.8) is 0 Å². The number of nitrogens with one attached hydrogen (secondary N) is 1. The van der Waals surface area contributed by atoms with E-state index in [1.165, 1.54) is 11.1 Å². The lowest BCUT2D eigenvalue weighted by atomic mass is 9.74. The summed E-state index contributed by atoms with van der Waals surface area (Å²) in [5, 5.41) is 17.3. The number of carboxylic acids is 2. The van der Waals surface area contributed by atoms with Crippen LogP contribution in [0.2, 0.25) is 0 Å². The lowest BCUT2D eigenvalue weighted by molar-refractivity contribution is -0.193. The van der Waals surface area contributed by atoms with Crippen LogP contribution in [0.5, 0.6) is 0 Å². The van der Waals surface area contributed by atoms with E-state index >= 15 is 0 Å². The van der Waals surface area contributed by atoms with Crippen molar-refractivity contribution in [2.24, 2.45) is 38.3 Å². The molecule has 0 aliphatic carbocycles. The van der Waals surface area contributed by atoms with E-state index < -0.39 is 29.7 Å². The van der Waals surface area contributed by atoms with Crippen LogP contribution in [-0.4, -0.2) is 72.0 Å². The first-order valence-electron chi connectivity index (χ1n) is 15.7. The molecule has 0 bridgehead atoms. The number of carbonyl (C=O) groups is 3. The number of rotatable bonds is 11. The normalized spacial score (nSPS) is 11.8. The van der Waals surface area contributed by atoms with Crippen LogP contribution in [-0.2, 0) is 38.1 Å². The van der Waals surface area contributed by atoms with Gasteiger partial charge in [-0.2, -0.15) is 26.3 Å². The first-order valence-corrected chi connectivity index (χ1v) is 15.7. The summed E-state index contributed by atoms with van der Waals surface area (Å²) in [5.41, 5.74) is 26.1. The summed E-state index contributed by atoms with van der Waals surface area (Å²) in [7, 11) is 0. The second-order valence-corrected chi connectivity index (χ2v) is 13.8. The van der Waals surface area contributed by atoms with Crippen LogP contribution in [0.15, 0.2) is 58.5 Å². The van der Waals surface area contributed by atoms with Gasteiger partial charge in [0.25, 0.3) is 0 Å². The zero-order chi connectivity index (χ0) is 40.7. The zero-order valence-electron chi connectivity index (χ0n) is 30.0. The van der Waals surface area contributed by atoms with E-state index in [4.69, 9.17) is 42.7 Å². The van der Waals surface area contributed by atoms with Crippen molar-refractivity contribution in [3.8, 4) is 0 Å². The molecule has 12 nitrogen and oxygen atoms in total. The first-order chi connectivity index (χ1) is 23.5. The van der Waals surface area contributed by atoms with Crippen LogP contribution >= 0.6 is 0 Å². The maximum absolute atomic E-state index is 13.9. The van der Waals surface area contributed by atoms with Gasteiger partial charge in [0.05, 0.1) is 12.0 Å². The van der Waals surface area contributed by atoms with Crippen LogP contribution in [0.25, 0.3) is 0 Å². The highest BCUT2D eigenvalue weighted by Crippen LogP contribution is 2.32. The number of carbonyl (C=O) groups excluding carboxylic acids is 1. The largest absolute Gasteiger partial charge is 0.490 e. The average molecular weight is 750 g/mol. The molecule has 2 rings (SSSR count). The van der Waals surface area contributed by atoms with Gasteiger partial charge in [0, 0.05) is 13.1 Å². The van der Waals surface area contributed by atoms with E-state index in [-0.39, 0.29) is 35.2 Å². The Balaban J connectivity index is 0.00000156. The van der Waals surface area contributed by atoms with Crippen molar-refractivity contribution in [1.29, 1.82) is 0 Å². The van der Waals surface area contributed by atoms with Gasteiger partial charge in [-0.05, 0) is 52.3 Å². The number of guanidine groups is 2. The SMILES string of the molecule is CC(C)(C)c1ccc(CC(CN=C(N)N)(Cc2ccc(C(C)(C)C)cc2)C(=O)NCCCN=C(N)N)cc1.O=C(O)C(F)(F)F.O=C(O)C(F)(F)F. The van der Waals surface area contributed by atoms with Crippen molar-refractivity contribution in [3.05, 3.63) is 70.8 Å². The molecule has 0 aliphatic heterocycles. The Morgan fingerprint density at radius 1 is 0.635 bits per heavy atom. The maximum Gasteiger partial charge on any atom is 0.490 e. The minimum atomic E-state index is -5.08. The predicted molar refractivity (Wildman–Crippen MR) is 186 cm³/mol. The fraction of sp³-hybridized carbons (Fsp3) is 0.500. The molecule has 0 radical (unpaired) electrons. The highest BCUT2D eigenvalue weighted by molar-refractivity contribution is 5.84. The van der Waals surface area contributed by atoms with Crippen LogP contribution < -0.4 is 28.3 Å². The number of carboxylic acid groups (broad SMARTS) is 2. The Bertz CT molecular complexity index is 1420. The Hall–Kier alpha value is -5.03. The Kier molecular flexibility index (Phi) is 17.7. The number of nitrogens with two attached hydrogens (primary N) is 4. The number of aliphatic carboxylic acids is 2. The van der Waals surface area contributed by atoms with E-state index in [2.05, 4.69) is 105 Å². The van der Waals surface area contributed by atoms with Crippen molar-refractivity contribution < 1.29 is 50.9 Å². The predicted octanol–water partition coefficient (Wildman–Crippen LogP) is 4.37. The van der Waals surface area contributed by atoms with E-state index in [1.807, 2.05) is 0 Å². The molecule has 2 aromatic rings. The molecular formula is C34H49F6N7O5. The summed E-state index contributed by atoms with van der Waals surface area (Å²) in [6.45, 7) is 14.1. The summed E-state index contributed by atoms with van der Waals surface area (Å²) in [6.07, 6.45) is -8.59. The Labute approximate surface area is 298 Å². The summed E-state index contributed by atoms with van der Waals surface area (Å²) in [4.78, 5) is 40.0. The standard InChI is InChI=1S/C30H47N7O.2C2HF3O2/c1-28(2,3)23-12-8-21(9-13-23)18-30(20-37-27(33)34,25(38)35-16-7-17-36-26(31)32)19-22-10-14-24(15-11-22)29(4,5)6;2*3-2(4,5)1(6)7/h8-15H,7,16-20H2,1-6H3,(H,35,38)(H4,31,32,36)(H4,33,34,37);2*(H,6,7). The van der Waals surface area contributed by atoms with E-state index in [1.54, 1.807) is 0 Å². The lowest BCUT2D eigenvalue weighted by Crippen LogP contribution is -2.47. The van der Waals surface area contributed by atoms with Gasteiger partial charge in [0.1, 0.15) is 0 Å². The highest BCUT2D eigenvalue weighted by atomic mass is 19.4. The van der Waals surface area contributed by atoms with Gasteiger partial charge in [0.2, 0.25) is 5.91 Å². The molecule has 1 amide bonds. The van der Waals surface area contributed by atoms with E-state index in [0.29, 0.717) is 32.4 Å². The van der Waals surface area contributed by atoms with Gasteiger partial charge < -0.3 is 38.5 Å². The fourth-order valence-corrected chi connectivity index (χ4v) is 4.35. The molecule has 0 unspecified atom stereocenters. The van der Waals surface area contributed by atoms with Gasteiger partial charge in [0.15, 0.2) is 11.9 Å². The third-order valence-corrected chi connectivity index (χ3v) is 7.17. The van der Waals surface area contributed by atoms with E-state index in [0.717, 1.165) is 11.1 Å². The molecule has 0 aliphatic rings. The molecule has 0 fully saturated rings. The molecule has 292 valence electrons.